The maximum absolute atomic E-state index is 10.6. The van der Waals surface area contributed by atoms with Gasteiger partial charge in [-0.05, 0) is 44.9 Å². The highest BCUT2D eigenvalue weighted by molar-refractivity contribution is 4.87. The van der Waals surface area contributed by atoms with Crippen LogP contribution in [0, 0.1) is 5.92 Å². The van der Waals surface area contributed by atoms with E-state index in [-0.39, 0.29) is 0 Å². The molecule has 0 aromatic carbocycles. The molecular formula is C18H37NO. The van der Waals surface area contributed by atoms with E-state index in [4.69, 9.17) is 0 Å². The fourth-order valence-electron chi connectivity index (χ4n) is 3.32. The van der Waals surface area contributed by atoms with Gasteiger partial charge in [0.1, 0.15) is 0 Å². The third kappa shape index (κ3) is 7.08. The summed E-state index contributed by atoms with van der Waals surface area (Å²) in [5.74, 6) is 0.853. The van der Waals surface area contributed by atoms with Crippen molar-refractivity contribution in [1.29, 1.82) is 0 Å². The lowest BCUT2D eigenvalue weighted by molar-refractivity contribution is -0.0105. The van der Waals surface area contributed by atoms with Crippen LogP contribution in [0.4, 0.5) is 0 Å². The molecule has 20 heavy (non-hydrogen) atoms. The van der Waals surface area contributed by atoms with E-state index in [1.807, 2.05) is 0 Å². The number of aliphatic hydroxyl groups is 1. The molecule has 0 aliphatic heterocycles. The van der Waals surface area contributed by atoms with Crippen LogP contribution >= 0.6 is 0 Å². The largest absolute Gasteiger partial charge is 0.389 e. The van der Waals surface area contributed by atoms with Crippen molar-refractivity contribution in [3.8, 4) is 0 Å². The molecule has 1 rings (SSSR count). The second-order valence-electron chi connectivity index (χ2n) is 7.06. The number of unbranched alkanes of at least 4 members (excludes halogenated alkanes) is 4. The molecule has 2 N–H and O–H groups in total. The van der Waals surface area contributed by atoms with Gasteiger partial charge in [0.05, 0.1) is 5.60 Å². The highest BCUT2D eigenvalue weighted by Gasteiger charge is 2.32. The van der Waals surface area contributed by atoms with E-state index in [2.05, 4.69) is 26.1 Å². The standard InChI is InChI=1S/C18H37NO/c1-4-6-7-8-9-10-16(3)19-15-18(20)13-11-17(5-2)12-14-18/h16-17,19-20H,4-15H2,1-3H3. The highest BCUT2D eigenvalue weighted by atomic mass is 16.3. The zero-order valence-electron chi connectivity index (χ0n) is 14.1. The summed E-state index contributed by atoms with van der Waals surface area (Å²) in [5, 5.41) is 14.2. The van der Waals surface area contributed by atoms with Crippen LogP contribution in [0.25, 0.3) is 0 Å². The first kappa shape index (κ1) is 18.0. The maximum Gasteiger partial charge on any atom is 0.0771 e. The molecule has 0 amide bonds. The van der Waals surface area contributed by atoms with Crippen LogP contribution in [0.5, 0.6) is 0 Å². The van der Waals surface area contributed by atoms with Crippen molar-refractivity contribution in [2.75, 3.05) is 6.54 Å². The Hall–Kier alpha value is -0.0800. The van der Waals surface area contributed by atoms with E-state index in [1.165, 1.54) is 57.8 Å². The van der Waals surface area contributed by atoms with E-state index in [0.717, 1.165) is 25.3 Å². The van der Waals surface area contributed by atoms with E-state index in [9.17, 15) is 5.11 Å². The summed E-state index contributed by atoms with van der Waals surface area (Å²) in [4.78, 5) is 0. The van der Waals surface area contributed by atoms with Crippen molar-refractivity contribution in [2.45, 2.75) is 103 Å². The molecule has 2 heteroatoms. The number of hydrogen-bond acceptors (Lipinski definition) is 2. The molecule has 0 bridgehead atoms. The molecule has 0 radical (unpaired) electrons. The lowest BCUT2D eigenvalue weighted by atomic mass is 9.78. The third-order valence-electron chi connectivity index (χ3n) is 5.13. The average Bonchev–Trinajstić information content (AvgIpc) is 2.46. The number of hydrogen-bond donors (Lipinski definition) is 2. The predicted molar refractivity (Wildman–Crippen MR) is 88.0 cm³/mol. The average molecular weight is 284 g/mol. The Bertz CT molecular complexity index is 234. The molecule has 0 aromatic rings. The van der Waals surface area contributed by atoms with Gasteiger partial charge in [-0.3, -0.25) is 0 Å². The van der Waals surface area contributed by atoms with Crippen LogP contribution in [-0.2, 0) is 0 Å². The van der Waals surface area contributed by atoms with Crippen LogP contribution in [0.2, 0.25) is 0 Å². The summed E-state index contributed by atoms with van der Waals surface area (Å²) in [5.41, 5.74) is -0.428. The molecule has 1 unspecified atom stereocenters. The van der Waals surface area contributed by atoms with E-state index < -0.39 is 5.60 Å². The maximum atomic E-state index is 10.6. The normalized spacial score (nSPS) is 28.5. The summed E-state index contributed by atoms with van der Waals surface area (Å²) in [7, 11) is 0. The predicted octanol–water partition coefficient (Wildman–Crippen LogP) is 4.66. The van der Waals surface area contributed by atoms with E-state index in [1.54, 1.807) is 0 Å². The minimum atomic E-state index is -0.428. The van der Waals surface area contributed by atoms with Crippen molar-refractivity contribution in [1.82, 2.24) is 5.32 Å². The molecule has 0 saturated heterocycles. The molecular weight excluding hydrogens is 246 g/mol. The van der Waals surface area contributed by atoms with Crippen molar-refractivity contribution in [3.63, 3.8) is 0 Å². The van der Waals surface area contributed by atoms with Gasteiger partial charge in [0.15, 0.2) is 0 Å². The highest BCUT2D eigenvalue weighted by Crippen LogP contribution is 2.33. The second-order valence-corrected chi connectivity index (χ2v) is 7.06. The quantitative estimate of drug-likeness (QED) is 0.572. The summed E-state index contributed by atoms with van der Waals surface area (Å²) in [6.45, 7) is 7.59. The molecule has 1 aliphatic rings. The molecule has 2 nitrogen and oxygen atoms in total. The molecule has 0 spiro atoms. The Kier molecular flexibility index (Phi) is 8.79. The van der Waals surface area contributed by atoms with Gasteiger partial charge >= 0.3 is 0 Å². The molecule has 1 saturated carbocycles. The first-order chi connectivity index (χ1) is 9.59. The van der Waals surface area contributed by atoms with Gasteiger partial charge < -0.3 is 10.4 Å². The first-order valence-corrected chi connectivity index (χ1v) is 9.05. The monoisotopic (exact) mass is 283 g/mol. The fourth-order valence-corrected chi connectivity index (χ4v) is 3.32. The van der Waals surface area contributed by atoms with Gasteiger partial charge in [0.25, 0.3) is 0 Å². The second kappa shape index (κ2) is 9.78. The molecule has 1 atom stereocenters. The number of nitrogens with one attached hydrogen (secondary N) is 1. The van der Waals surface area contributed by atoms with Crippen LogP contribution in [0.15, 0.2) is 0 Å². The van der Waals surface area contributed by atoms with Gasteiger partial charge in [-0.15, -0.1) is 0 Å². The lowest BCUT2D eigenvalue weighted by Gasteiger charge is -2.36. The van der Waals surface area contributed by atoms with E-state index >= 15 is 0 Å². The van der Waals surface area contributed by atoms with Crippen LogP contribution in [0.3, 0.4) is 0 Å². The van der Waals surface area contributed by atoms with Gasteiger partial charge in [-0.2, -0.15) is 0 Å². The zero-order chi connectivity index (χ0) is 14.8. The summed E-state index contributed by atoms with van der Waals surface area (Å²) in [6, 6.07) is 0.546. The Balaban J connectivity index is 2.09. The fraction of sp³-hybridized carbons (Fsp3) is 1.00. The molecule has 1 aliphatic carbocycles. The Morgan fingerprint density at radius 1 is 1.10 bits per heavy atom. The van der Waals surface area contributed by atoms with Crippen LogP contribution in [0.1, 0.15) is 91.4 Å². The minimum absolute atomic E-state index is 0.428. The smallest absolute Gasteiger partial charge is 0.0771 e. The molecule has 0 aromatic heterocycles. The van der Waals surface area contributed by atoms with Crippen molar-refractivity contribution < 1.29 is 5.11 Å². The summed E-state index contributed by atoms with van der Waals surface area (Å²) < 4.78 is 0. The zero-order valence-corrected chi connectivity index (χ0v) is 14.1. The van der Waals surface area contributed by atoms with Gasteiger partial charge in [-0.25, -0.2) is 0 Å². The molecule has 120 valence electrons. The summed E-state index contributed by atoms with van der Waals surface area (Å²) in [6.07, 6.45) is 13.7. The Morgan fingerprint density at radius 3 is 2.35 bits per heavy atom. The summed E-state index contributed by atoms with van der Waals surface area (Å²) >= 11 is 0. The SMILES string of the molecule is CCCCCCCC(C)NCC1(O)CCC(CC)CC1. The molecule has 1 fully saturated rings. The van der Waals surface area contributed by atoms with Gasteiger partial charge in [-0.1, -0.05) is 52.4 Å². The molecule has 0 heterocycles. The van der Waals surface area contributed by atoms with Gasteiger partial charge in [0, 0.05) is 12.6 Å². The Morgan fingerprint density at radius 2 is 1.75 bits per heavy atom. The third-order valence-corrected chi connectivity index (χ3v) is 5.13. The minimum Gasteiger partial charge on any atom is -0.389 e. The van der Waals surface area contributed by atoms with E-state index in [0.29, 0.717) is 6.04 Å². The van der Waals surface area contributed by atoms with Crippen molar-refractivity contribution in [3.05, 3.63) is 0 Å². The Labute approximate surface area is 126 Å². The lowest BCUT2D eigenvalue weighted by Crippen LogP contribution is -2.46. The topological polar surface area (TPSA) is 32.3 Å². The number of rotatable bonds is 10. The van der Waals surface area contributed by atoms with Crippen molar-refractivity contribution >= 4 is 0 Å². The van der Waals surface area contributed by atoms with Crippen molar-refractivity contribution in [2.24, 2.45) is 5.92 Å². The van der Waals surface area contributed by atoms with Crippen LogP contribution < -0.4 is 5.32 Å². The first-order valence-electron chi connectivity index (χ1n) is 9.05. The van der Waals surface area contributed by atoms with Gasteiger partial charge in [0.2, 0.25) is 0 Å². The van der Waals surface area contributed by atoms with Crippen LogP contribution in [-0.4, -0.2) is 23.3 Å².